The molecule has 1 saturated heterocycles. The molecule has 1 aliphatic carbocycles. The maximum absolute atomic E-state index is 12.9. The second kappa shape index (κ2) is 4.70. The molecule has 5 nitrogen and oxygen atoms in total. The summed E-state index contributed by atoms with van der Waals surface area (Å²) in [6.45, 7) is 0.898. The quantitative estimate of drug-likeness (QED) is 0.654. The molecule has 4 rings (SSSR count). The number of carbonyl (C=O) groups excluding carboxylic acids is 1. The second-order valence-corrected chi connectivity index (χ2v) is 6.00. The number of pyridine rings is 1. The van der Waals surface area contributed by atoms with E-state index in [1.807, 2.05) is 29.2 Å². The molecular formula is C16H18N4O. The van der Waals surface area contributed by atoms with Crippen molar-refractivity contribution in [2.75, 3.05) is 12.0 Å². The van der Waals surface area contributed by atoms with E-state index in [2.05, 4.69) is 10.4 Å². The SMILES string of the molecule is NNc1ncc(C(=O)N2CC3CCC2C3)c2ccccc12. The first-order valence-corrected chi connectivity index (χ1v) is 7.43. The molecule has 1 aromatic heterocycles. The summed E-state index contributed by atoms with van der Waals surface area (Å²) in [6.07, 6.45) is 5.22. The van der Waals surface area contributed by atoms with E-state index in [-0.39, 0.29) is 5.91 Å². The Labute approximate surface area is 123 Å². The molecule has 1 aromatic carbocycles. The van der Waals surface area contributed by atoms with Crippen LogP contribution in [0.4, 0.5) is 5.82 Å². The van der Waals surface area contributed by atoms with E-state index < -0.39 is 0 Å². The summed E-state index contributed by atoms with van der Waals surface area (Å²) in [6, 6.07) is 8.18. The van der Waals surface area contributed by atoms with Gasteiger partial charge in [0, 0.05) is 24.2 Å². The molecule has 21 heavy (non-hydrogen) atoms. The van der Waals surface area contributed by atoms with Gasteiger partial charge in [0.05, 0.1) is 5.56 Å². The Morgan fingerprint density at radius 3 is 2.76 bits per heavy atom. The van der Waals surface area contributed by atoms with Crippen LogP contribution in [-0.2, 0) is 0 Å². The van der Waals surface area contributed by atoms with Gasteiger partial charge in [0.1, 0.15) is 5.82 Å². The summed E-state index contributed by atoms with van der Waals surface area (Å²) in [5, 5.41) is 1.79. The molecule has 5 heteroatoms. The van der Waals surface area contributed by atoms with Crippen LogP contribution in [0.1, 0.15) is 29.6 Å². The molecule has 3 N–H and O–H groups in total. The molecular weight excluding hydrogens is 264 g/mol. The number of fused-ring (bicyclic) bond motifs is 3. The summed E-state index contributed by atoms with van der Waals surface area (Å²) in [5.41, 5.74) is 3.27. The summed E-state index contributed by atoms with van der Waals surface area (Å²) in [4.78, 5) is 19.2. The van der Waals surface area contributed by atoms with Gasteiger partial charge in [0.15, 0.2) is 0 Å². The number of anilines is 1. The van der Waals surface area contributed by atoms with Crippen molar-refractivity contribution in [3.8, 4) is 0 Å². The van der Waals surface area contributed by atoms with Gasteiger partial charge in [-0.05, 0) is 30.6 Å². The molecule has 2 fully saturated rings. The molecule has 2 bridgehead atoms. The molecule has 1 amide bonds. The number of benzene rings is 1. The number of nitrogens with zero attached hydrogens (tertiary/aromatic N) is 2. The maximum atomic E-state index is 12.9. The van der Waals surface area contributed by atoms with Crippen LogP contribution in [0.5, 0.6) is 0 Å². The Morgan fingerprint density at radius 2 is 2.10 bits per heavy atom. The van der Waals surface area contributed by atoms with Crippen LogP contribution in [0.15, 0.2) is 30.5 Å². The number of aromatic nitrogens is 1. The average molecular weight is 282 g/mol. The van der Waals surface area contributed by atoms with Crippen molar-refractivity contribution in [3.05, 3.63) is 36.0 Å². The number of hydrogen-bond acceptors (Lipinski definition) is 4. The number of carbonyl (C=O) groups is 1. The minimum atomic E-state index is 0.106. The zero-order chi connectivity index (χ0) is 14.4. The number of amides is 1. The number of likely N-dealkylation sites (tertiary alicyclic amines) is 1. The Morgan fingerprint density at radius 1 is 1.29 bits per heavy atom. The molecule has 108 valence electrons. The van der Waals surface area contributed by atoms with E-state index in [0.717, 1.165) is 23.7 Å². The second-order valence-electron chi connectivity index (χ2n) is 6.00. The lowest BCUT2D eigenvalue weighted by atomic mass is 10.0. The number of piperidine rings is 1. The summed E-state index contributed by atoms with van der Waals surface area (Å²) in [5.74, 6) is 6.91. The van der Waals surface area contributed by atoms with Crippen LogP contribution >= 0.6 is 0 Å². The lowest BCUT2D eigenvalue weighted by Crippen LogP contribution is -2.37. The van der Waals surface area contributed by atoms with Crippen molar-refractivity contribution >= 4 is 22.5 Å². The summed E-state index contributed by atoms with van der Waals surface area (Å²) < 4.78 is 0. The average Bonchev–Trinajstić information content (AvgIpc) is 3.16. The summed E-state index contributed by atoms with van der Waals surface area (Å²) >= 11 is 0. The normalized spacial score (nSPS) is 23.8. The van der Waals surface area contributed by atoms with Crippen molar-refractivity contribution in [2.45, 2.75) is 25.3 Å². The number of hydrazine groups is 1. The van der Waals surface area contributed by atoms with E-state index in [0.29, 0.717) is 23.3 Å². The Hall–Kier alpha value is -2.14. The van der Waals surface area contributed by atoms with Gasteiger partial charge in [-0.2, -0.15) is 0 Å². The predicted octanol–water partition coefficient (Wildman–Crippen LogP) is 2.14. The zero-order valence-corrected chi connectivity index (χ0v) is 11.7. The van der Waals surface area contributed by atoms with Gasteiger partial charge >= 0.3 is 0 Å². The minimum Gasteiger partial charge on any atom is -0.335 e. The Bertz CT molecular complexity index is 714. The fourth-order valence-corrected chi connectivity index (χ4v) is 3.81. The number of nitrogen functional groups attached to an aromatic ring is 1. The molecule has 2 aliphatic rings. The van der Waals surface area contributed by atoms with Crippen LogP contribution in [0.25, 0.3) is 10.8 Å². The third kappa shape index (κ3) is 1.88. The highest BCUT2D eigenvalue weighted by Crippen LogP contribution is 2.38. The molecule has 0 radical (unpaired) electrons. The van der Waals surface area contributed by atoms with E-state index in [9.17, 15) is 4.79 Å². The molecule has 2 heterocycles. The van der Waals surface area contributed by atoms with Crippen LogP contribution in [-0.4, -0.2) is 28.4 Å². The maximum Gasteiger partial charge on any atom is 0.256 e. The van der Waals surface area contributed by atoms with Gasteiger partial charge in [-0.15, -0.1) is 0 Å². The fourth-order valence-electron chi connectivity index (χ4n) is 3.81. The molecule has 0 spiro atoms. The van der Waals surface area contributed by atoms with E-state index in [1.165, 1.54) is 12.8 Å². The topological polar surface area (TPSA) is 71.2 Å². The van der Waals surface area contributed by atoms with Crippen molar-refractivity contribution in [1.29, 1.82) is 0 Å². The lowest BCUT2D eigenvalue weighted by molar-refractivity contribution is 0.0705. The minimum absolute atomic E-state index is 0.106. The molecule has 1 saturated carbocycles. The van der Waals surface area contributed by atoms with E-state index in [4.69, 9.17) is 5.84 Å². The van der Waals surface area contributed by atoms with E-state index in [1.54, 1.807) is 6.20 Å². The highest BCUT2D eigenvalue weighted by molar-refractivity contribution is 6.09. The van der Waals surface area contributed by atoms with Gasteiger partial charge in [-0.25, -0.2) is 10.8 Å². The smallest absolute Gasteiger partial charge is 0.256 e. The monoisotopic (exact) mass is 282 g/mol. The number of nitrogens with two attached hydrogens (primary N) is 1. The molecule has 1 aliphatic heterocycles. The van der Waals surface area contributed by atoms with Crippen molar-refractivity contribution in [2.24, 2.45) is 11.8 Å². The van der Waals surface area contributed by atoms with Crippen LogP contribution in [0, 0.1) is 5.92 Å². The first kappa shape index (κ1) is 12.6. The van der Waals surface area contributed by atoms with Gasteiger partial charge in [0.25, 0.3) is 5.91 Å². The van der Waals surface area contributed by atoms with Gasteiger partial charge in [-0.1, -0.05) is 24.3 Å². The molecule has 2 atom stereocenters. The van der Waals surface area contributed by atoms with Crippen LogP contribution in [0.2, 0.25) is 0 Å². The zero-order valence-electron chi connectivity index (χ0n) is 11.7. The third-order valence-electron chi connectivity index (χ3n) is 4.83. The highest BCUT2D eigenvalue weighted by atomic mass is 16.2. The molecule has 2 unspecified atom stereocenters. The first-order valence-electron chi connectivity index (χ1n) is 7.43. The predicted molar refractivity (Wildman–Crippen MR) is 81.7 cm³/mol. The standard InChI is InChI=1S/C16H18N4O/c17-19-15-13-4-2-1-3-12(13)14(8-18-15)16(21)20-9-10-5-6-11(20)7-10/h1-4,8,10-11H,5-7,9,17H2,(H,18,19). The number of rotatable bonds is 2. The van der Waals surface area contributed by atoms with Crippen LogP contribution in [0.3, 0.4) is 0 Å². The van der Waals surface area contributed by atoms with Gasteiger partial charge in [-0.3, -0.25) is 4.79 Å². The molecule has 2 aromatic rings. The Balaban J connectivity index is 1.78. The van der Waals surface area contributed by atoms with E-state index >= 15 is 0 Å². The number of nitrogens with one attached hydrogen (secondary N) is 1. The highest BCUT2D eigenvalue weighted by Gasteiger charge is 2.40. The lowest BCUT2D eigenvalue weighted by Gasteiger charge is -2.27. The third-order valence-corrected chi connectivity index (χ3v) is 4.83. The van der Waals surface area contributed by atoms with Gasteiger partial charge in [0.2, 0.25) is 0 Å². The van der Waals surface area contributed by atoms with Gasteiger partial charge < -0.3 is 10.3 Å². The largest absolute Gasteiger partial charge is 0.335 e. The first-order chi connectivity index (χ1) is 10.3. The number of hydrogen-bond donors (Lipinski definition) is 2. The fraction of sp³-hybridized carbons (Fsp3) is 0.375. The van der Waals surface area contributed by atoms with Crippen molar-refractivity contribution in [1.82, 2.24) is 9.88 Å². The Kier molecular flexibility index (Phi) is 2.82. The van der Waals surface area contributed by atoms with Crippen molar-refractivity contribution in [3.63, 3.8) is 0 Å². The van der Waals surface area contributed by atoms with Crippen LogP contribution < -0.4 is 11.3 Å². The van der Waals surface area contributed by atoms with Crippen molar-refractivity contribution < 1.29 is 4.79 Å². The summed E-state index contributed by atoms with van der Waals surface area (Å²) in [7, 11) is 0.